The highest BCUT2D eigenvalue weighted by Crippen LogP contribution is 2.13. The third-order valence-electron chi connectivity index (χ3n) is 2.90. The van der Waals surface area contributed by atoms with Crippen molar-refractivity contribution in [3.05, 3.63) is 35.9 Å². The Morgan fingerprint density at radius 2 is 1.81 bits per heavy atom. The van der Waals surface area contributed by atoms with E-state index in [2.05, 4.69) is 5.32 Å². The molecule has 0 saturated heterocycles. The van der Waals surface area contributed by atoms with Gasteiger partial charge in [-0.1, -0.05) is 30.3 Å². The van der Waals surface area contributed by atoms with Crippen LogP contribution in [0.1, 0.15) is 25.3 Å². The van der Waals surface area contributed by atoms with Crippen LogP contribution in [-0.2, 0) is 20.9 Å². The molecule has 0 heterocycles. The molecule has 7 nitrogen and oxygen atoms in total. The highest BCUT2D eigenvalue weighted by atomic mass is 16.5. The van der Waals surface area contributed by atoms with Crippen molar-refractivity contribution in [3.63, 3.8) is 0 Å². The van der Waals surface area contributed by atoms with Crippen molar-refractivity contribution >= 4 is 18.0 Å². The van der Waals surface area contributed by atoms with Gasteiger partial charge in [-0.25, -0.2) is 9.59 Å². The fourth-order valence-electron chi connectivity index (χ4n) is 1.56. The van der Waals surface area contributed by atoms with Gasteiger partial charge in [0.05, 0.1) is 0 Å². The third kappa shape index (κ3) is 5.52. The van der Waals surface area contributed by atoms with Crippen LogP contribution in [-0.4, -0.2) is 33.8 Å². The van der Waals surface area contributed by atoms with Crippen molar-refractivity contribution in [3.8, 4) is 0 Å². The molecule has 1 aromatic rings. The molecule has 0 spiro atoms. The number of ether oxygens (including phenoxy) is 1. The van der Waals surface area contributed by atoms with E-state index in [1.54, 1.807) is 24.3 Å². The van der Waals surface area contributed by atoms with Crippen molar-refractivity contribution in [1.82, 2.24) is 5.32 Å². The Kier molecular flexibility index (Phi) is 5.71. The van der Waals surface area contributed by atoms with Crippen molar-refractivity contribution in [2.45, 2.75) is 31.9 Å². The normalized spacial score (nSPS) is 13.0. The molecule has 21 heavy (non-hydrogen) atoms. The number of alkyl carbamates (subject to hydrolysis) is 1. The molecule has 0 aliphatic carbocycles. The highest BCUT2D eigenvalue weighted by Gasteiger charge is 2.35. The second kappa shape index (κ2) is 7.28. The van der Waals surface area contributed by atoms with Crippen LogP contribution in [0.25, 0.3) is 0 Å². The molecular weight excluding hydrogens is 278 g/mol. The first-order valence-corrected chi connectivity index (χ1v) is 6.27. The molecular formula is C14H17NO6. The van der Waals surface area contributed by atoms with E-state index in [0.29, 0.717) is 0 Å². The zero-order valence-corrected chi connectivity index (χ0v) is 11.5. The molecule has 1 unspecified atom stereocenters. The predicted octanol–water partition coefficient (Wildman–Crippen LogP) is 1.62. The molecule has 0 saturated carbocycles. The summed E-state index contributed by atoms with van der Waals surface area (Å²) in [7, 11) is 0. The van der Waals surface area contributed by atoms with Gasteiger partial charge in [-0.2, -0.15) is 0 Å². The molecule has 1 amide bonds. The van der Waals surface area contributed by atoms with E-state index in [0.717, 1.165) is 5.56 Å². The summed E-state index contributed by atoms with van der Waals surface area (Å²) in [5.41, 5.74) is -0.929. The Hall–Kier alpha value is -2.57. The first-order chi connectivity index (χ1) is 9.83. The van der Waals surface area contributed by atoms with Gasteiger partial charge in [-0.15, -0.1) is 0 Å². The number of nitrogens with one attached hydrogen (secondary N) is 1. The maximum atomic E-state index is 11.6. The van der Waals surface area contributed by atoms with Gasteiger partial charge in [0.1, 0.15) is 12.1 Å². The zero-order valence-electron chi connectivity index (χ0n) is 11.5. The van der Waals surface area contributed by atoms with E-state index in [9.17, 15) is 14.4 Å². The van der Waals surface area contributed by atoms with Crippen molar-refractivity contribution in [2.75, 3.05) is 0 Å². The number of hydrogen-bond donors (Lipinski definition) is 3. The summed E-state index contributed by atoms with van der Waals surface area (Å²) in [4.78, 5) is 33.3. The molecule has 1 aromatic carbocycles. The second-order valence-electron chi connectivity index (χ2n) is 4.72. The molecule has 3 N–H and O–H groups in total. The predicted molar refractivity (Wildman–Crippen MR) is 72.7 cm³/mol. The van der Waals surface area contributed by atoms with Gasteiger partial charge in [-0.3, -0.25) is 4.79 Å². The standard InChI is InChI=1S/C14H17NO6/c1-14(12(18)19,8-7-11(16)17)15-13(20)21-9-10-5-3-2-4-6-10/h2-6H,7-9H2,1H3,(H,15,20)(H,16,17)(H,18,19). The lowest BCUT2D eigenvalue weighted by Crippen LogP contribution is -2.52. The van der Waals surface area contributed by atoms with Crippen molar-refractivity contribution in [2.24, 2.45) is 0 Å². The van der Waals surface area contributed by atoms with Crippen LogP contribution < -0.4 is 5.32 Å². The number of carboxylic acid groups (broad SMARTS) is 2. The first-order valence-electron chi connectivity index (χ1n) is 6.27. The minimum absolute atomic E-state index is 0.00129. The highest BCUT2D eigenvalue weighted by molar-refractivity contribution is 5.84. The molecule has 0 aromatic heterocycles. The monoisotopic (exact) mass is 295 g/mol. The van der Waals surface area contributed by atoms with Crippen molar-refractivity contribution in [1.29, 1.82) is 0 Å². The van der Waals surface area contributed by atoms with E-state index in [1.165, 1.54) is 6.92 Å². The van der Waals surface area contributed by atoms with Crippen LogP contribution >= 0.6 is 0 Å². The van der Waals surface area contributed by atoms with Crippen LogP contribution in [0.3, 0.4) is 0 Å². The zero-order chi connectivity index (χ0) is 15.9. The van der Waals surface area contributed by atoms with Crippen LogP contribution in [0.2, 0.25) is 0 Å². The molecule has 1 atom stereocenters. The molecule has 0 radical (unpaired) electrons. The number of amides is 1. The number of benzene rings is 1. The summed E-state index contributed by atoms with van der Waals surface area (Å²) in [6, 6.07) is 8.90. The lowest BCUT2D eigenvalue weighted by Gasteiger charge is -2.25. The maximum Gasteiger partial charge on any atom is 0.408 e. The van der Waals surface area contributed by atoms with Crippen LogP contribution in [0.15, 0.2) is 30.3 Å². The number of aliphatic carboxylic acids is 2. The van der Waals surface area contributed by atoms with Gasteiger partial charge in [0.2, 0.25) is 0 Å². The summed E-state index contributed by atoms with van der Waals surface area (Å²) < 4.78 is 4.92. The number of hydrogen-bond acceptors (Lipinski definition) is 4. The van der Waals surface area contributed by atoms with Crippen LogP contribution in [0.4, 0.5) is 4.79 Å². The van der Waals surface area contributed by atoms with Crippen LogP contribution in [0, 0.1) is 0 Å². The van der Waals surface area contributed by atoms with E-state index in [4.69, 9.17) is 14.9 Å². The summed E-state index contributed by atoms with van der Waals surface area (Å²) in [5, 5.41) is 19.9. The lowest BCUT2D eigenvalue weighted by atomic mass is 9.96. The molecule has 7 heteroatoms. The minimum atomic E-state index is -1.69. The average Bonchev–Trinajstić information content (AvgIpc) is 2.44. The number of carboxylic acids is 2. The SMILES string of the molecule is CC(CCC(=O)O)(NC(=O)OCc1ccccc1)C(=O)O. The van der Waals surface area contributed by atoms with Gasteiger partial charge in [0.15, 0.2) is 0 Å². The Morgan fingerprint density at radius 1 is 1.19 bits per heavy atom. The Balaban J connectivity index is 2.56. The van der Waals surface area contributed by atoms with Gasteiger partial charge >= 0.3 is 18.0 Å². The number of rotatable bonds is 7. The Bertz CT molecular complexity index is 515. The fourth-order valence-corrected chi connectivity index (χ4v) is 1.56. The topological polar surface area (TPSA) is 113 Å². The second-order valence-corrected chi connectivity index (χ2v) is 4.72. The lowest BCUT2D eigenvalue weighted by molar-refractivity contribution is -0.145. The smallest absolute Gasteiger partial charge is 0.408 e. The van der Waals surface area contributed by atoms with Gasteiger partial charge in [0, 0.05) is 6.42 Å². The minimum Gasteiger partial charge on any atom is -0.481 e. The van der Waals surface area contributed by atoms with Crippen LogP contribution in [0.5, 0.6) is 0 Å². The quantitative estimate of drug-likeness (QED) is 0.704. The summed E-state index contributed by atoms with van der Waals surface area (Å²) in [6.07, 6.45) is -1.52. The van der Waals surface area contributed by atoms with Gasteiger partial charge in [-0.05, 0) is 18.9 Å². The maximum absolute atomic E-state index is 11.6. The molecule has 0 aliphatic rings. The van der Waals surface area contributed by atoms with E-state index in [1.807, 2.05) is 6.07 Å². The molecule has 1 rings (SSSR count). The fraction of sp³-hybridized carbons (Fsp3) is 0.357. The summed E-state index contributed by atoms with van der Waals surface area (Å²) >= 11 is 0. The average molecular weight is 295 g/mol. The summed E-state index contributed by atoms with van der Waals surface area (Å²) in [6.45, 7) is 1.24. The molecule has 0 aliphatic heterocycles. The third-order valence-corrected chi connectivity index (χ3v) is 2.90. The van der Waals surface area contributed by atoms with Crippen molar-refractivity contribution < 1.29 is 29.3 Å². The first kappa shape index (κ1) is 16.5. The molecule has 0 bridgehead atoms. The van der Waals surface area contributed by atoms with E-state index in [-0.39, 0.29) is 19.4 Å². The molecule has 114 valence electrons. The Labute approximate surface area is 121 Å². The summed E-state index contributed by atoms with van der Waals surface area (Å²) in [5.74, 6) is -2.46. The van der Waals surface area contributed by atoms with Gasteiger partial charge in [0.25, 0.3) is 0 Å². The number of carbonyl (C=O) groups is 3. The Morgan fingerprint density at radius 3 is 2.33 bits per heavy atom. The largest absolute Gasteiger partial charge is 0.481 e. The van der Waals surface area contributed by atoms with E-state index < -0.39 is 23.6 Å². The molecule has 0 fully saturated rings. The van der Waals surface area contributed by atoms with E-state index >= 15 is 0 Å². The van der Waals surface area contributed by atoms with Gasteiger partial charge < -0.3 is 20.3 Å². The number of carbonyl (C=O) groups excluding carboxylic acids is 1.